The van der Waals surface area contributed by atoms with Crippen LogP contribution in [-0.2, 0) is 4.79 Å². The summed E-state index contributed by atoms with van der Waals surface area (Å²) in [6.45, 7) is 6.28. The fourth-order valence-electron chi connectivity index (χ4n) is 3.83. The van der Waals surface area contributed by atoms with Gasteiger partial charge in [-0.2, -0.15) is 0 Å². The number of aromatic nitrogens is 1. The Labute approximate surface area is 155 Å². The summed E-state index contributed by atoms with van der Waals surface area (Å²) in [5.74, 6) is -0.383. The topological polar surface area (TPSA) is 74.3 Å². The minimum absolute atomic E-state index is 0.0145. The highest BCUT2D eigenvalue weighted by atomic mass is 16.2. The fraction of sp³-hybridized carbons (Fsp3) is 0.650. The van der Waals surface area contributed by atoms with Crippen LogP contribution in [0.1, 0.15) is 56.4 Å². The maximum absolute atomic E-state index is 12.7. The molecule has 0 radical (unpaired) electrons. The molecule has 2 heterocycles. The summed E-state index contributed by atoms with van der Waals surface area (Å²) < 4.78 is 0. The van der Waals surface area contributed by atoms with Crippen LogP contribution in [0.5, 0.6) is 0 Å². The van der Waals surface area contributed by atoms with Crippen molar-refractivity contribution in [1.29, 1.82) is 0 Å². The third kappa shape index (κ3) is 4.61. The first kappa shape index (κ1) is 18.8. The SMILES string of the molecule is CC(C)C(NC(=O)c1ccccn1)C(=O)NC1CC(N2CCCCC2)C1. The molecule has 2 amide bonds. The number of rotatable bonds is 6. The Kier molecular flexibility index (Phi) is 6.25. The number of nitrogens with one attached hydrogen (secondary N) is 2. The second-order valence-electron chi connectivity index (χ2n) is 7.84. The first-order valence-electron chi connectivity index (χ1n) is 9.81. The van der Waals surface area contributed by atoms with Gasteiger partial charge in [-0.3, -0.25) is 14.6 Å². The van der Waals surface area contributed by atoms with Crippen LogP contribution in [0.4, 0.5) is 0 Å². The third-order valence-corrected chi connectivity index (χ3v) is 5.50. The molecule has 6 nitrogen and oxygen atoms in total. The molecule has 0 spiro atoms. The van der Waals surface area contributed by atoms with Gasteiger partial charge in [-0.05, 0) is 56.8 Å². The summed E-state index contributed by atoms with van der Waals surface area (Å²) in [7, 11) is 0. The Balaban J connectivity index is 1.49. The van der Waals surface area contributed by atoms with Crippen molar-refractivity contribution in [2.45, 2.75) is 64.1 Å². The van der Waals surface area contributed by atoms with E-state index in [9.17, 15) is 9.59 Å². The van der Waals surface area contributed by atoms with Crippen molar-refractivity contribution in [1.82, 2.24) is 20.5 Å². The molecule has 3 rings (SSSR count). The van der Waals surface area contributed by atoms with Gasteiger partial charge in [0, 0.05) is 18.3 Å². The lowest BCUT2D eigenvalue weighted by atomic mass is 9.84. The zero-order chi connectivity index (χ0) is 18.5. The monoisotopic (exact) mass is 358 g/mol. The first-order chi connectivity index (χ1) is 12.5. The molecule has 1 aromatic heterocycles. The van der Waals surface area contributed by atoms with Gasteiger partial charge in [0.1, 0.15) is 11.7 Å². The van der Waals surface area contributed by atoms with Crippen molar-refractivity contribution in [2.24, 2.45) is 5.92 Å². The molecular formula is C20H30N4O2. The summed E-state index contributed by atoms with van der Waals surface area (Å²) in [6, 6.07) is 5.47. The fourth-order valence-corrected chi connectivity index (χ4v) is 3.83. The minimum atomic E-state index is -0.543. The average molecular weight is 358 g/mol. The lowest BCUT2D eigenvalue weighted by Crippen LogP contribution is -2.58. The summed E-state index contributed by atoms with van der Waals surface area (Å²) in [6.07, 6.45) is 7.55. The second kappa shape index (κ2) is 8.62. The van der Waals surface area contributed by atoms with Crippen LogP contribution in [0.15, 0.2) is 24.4 Å². The van der Waals surface area contributed by atoms with Crippen molar-refractivity contribution in [3.8, 4) is 0 Å². The Morgan fingerprint density at radius 2 is 1.88 bits per heavy atom. The van der Waals surface area contributed by atoms with Crippen LogP contribution >= 0.6 is 0 Å². The first-order valence-corrected chi connectivity index (χ1v) is 9.81. The number of likely N-dealkylation sites (tertiary alicyclic amines) is 1. The molecule has 1 aromatic rings. The number of carbonyl (C=O) groups excluding carboxylic acids is 2. The van der Waals surface area contributed by atoms with Crippen molar-refractivity contribution in [2.75, 3.05) is 13.1 Å². The summed E-state index contributed by atoms with van der Waals surface area (Å²) in [5.41, 5.74) is 0.333. The Morgan fingerprint density at radius 1 is 1.15 bits per heavy atom. The minimum Gasteiger partial charge on any atom is -0.351 e. The third-order valence-electron chi connectivity index (χ3n) is 5.50. The van der Waals surface area contributed by atoms with Crippen LogP contribution in [0, 0.1) is 5.92 Å². The highest BCUT2D eigenvalue weighted by Crippen LogP contribution is 2.28. The van der Waals surface area contributed by atoms with E-state index in [0.29, 0.717) is 11.7 Å². The smallest absolute Gasteiger partial charge is 0.270 e. The van der Waals surface area contributed by atoms with Gasteiger partial charge >= 0.3 is 0 Å². The zero-order valence-corrected chi connectivity index (χ0v) is 15.8. The molecule has 2 aliphatic rings. The molecule has 1 unspecified atom stereocenters. The van der Waals surface area contributed by atoms with E-state index in [0.717, 1.165) is 12.8 Å². The lowest BCUT2D eigenvalue weighted by Gasteiger charge is -2.45. The van der Waals surface area contributed by atoms with Gasteiger partial charge in [0.05, 0.1) is 0 Å². The van der Waals surface area contributed by atoms with Gasteiger partial charge in [0.25, 0.3) is 5.91 Å². The number of amides is 2. The molecule has 0 bridgehead atoms. The van der Waals surface area contributed by atoms with E-state index in [2.05, 4.69) is 20.5 Å². The number of hydrogen-bond acceptors (Lipinski definition) is 4. The van der Waals surface area contributed by atoms with Crippen molar-refractivity contribution in [3.63, 3.8) is 0 Å². The molecular weight excluding hydrogens is 328 g/mol. The van der Waals surface area contributed by atoms with E-state index < -0.39 is 6.04 Å². The predicted octanol–water partition coefficient (Wildman–Crippen LogP) is 1.97. The molecule has 2 fully saturated rings. The maximum atomic E-state index is 12.7. The molecule has 2 N–H and O–H groups in total. The Morgan fingerprint density at radius 3 is 2.50 bits per heavy atom. The van der Waals surface area contributed by atoms with Gasteiger partial charge in [-0.1, -0.05) is 26.3 Å². The lowest BCUT2D eigenvalue weighted by molar-refractivity contribution is -0.125. The predicted molar refractivity (Wildman–Crippen MR) is 101 cm³/mol. The van der Waals surface area contributed by atoms with Gasteiger partial charge in [0.2, 0.25) is 5.91 Å². The second-order valence-corrected chi connectivity index (χ2v) is 7.84. The molecule has 26 heavy (non-hydrogen) atoms. The molecule has 1 saturated heterocycles. The normalized spacial score (nSPS) is 24.6. The summed E-state index contributed by atoms with van der Waals surface area (Å²) in [5, 5.41) is 5.96. The molecule has 0 aromatic carbocycles. The quantitative estimate of drug-likeness (QED) is 0.815. The average Bonchev–Trinajstić information content (AvgIpc) is 2.63. The molecule has 1 aliphatic heterocycles. The van der Waals surface area contributed by atoms with Gasteiger partial charge in [0.15, 0.2) is 0 Å². The van der Waals surface area contributed by atoms with Crippen molar-refractivity contribution < 1.29 is 9.59 Å². The Bertz CT molecular complexity index is 607. The molecule has 142 valence electrons. The van der Waals surface area contributed by atoms with Gasteiger partial charge in [-0.25, -0.2) is 0 Å². The van der Waals surface area contributed by atoms with E-state index in [1.807, 2.05) is 13.8 Å². The number of nitrogens with zero attached hydrogens (tertiary/aromatic N) is 2. The largest absolute Gasteiger partial charge is 0.351 e. The van der Waals surface area contributed by atoms with Crippen LogP contribution in [0.2, 0.25) is 0 Å². The molecule has 1 atom stereocenters. The number of carbonyl (C=O) groups is 2. The number of pyridine rings is 1. The van der Waals surface area contributed by atoms with Crippen LogP contribution in [0.25, 0.3) is 0 Å². The van der Waals surface area contributed by atoms with Crippen LogP contribution < -0.4 is 10.6 Å². The standard InChI is InChI=1S/C20H30N4O2/c1-14(2)18(23-19(25)17-8-4-5-9-21-17)20(26)22-15-12-16(13-15)24-10-6-3-7-11-24/h4-5,8-9,14-16,18H,3,6-7,10-13H2,1-2H3,(H,22,26)(H,23,25). The van der Waals surface area contributed by atoms with E-state index in [4.69, 9.17) is 0 Å². The van der Waals surface area contributed by atoms with Crippen LogP contribution in [0.3, 0.4) is 0 Å². The highest BCUT2D eigenvalue weighted by molar-refractivity contribution is 5.96. The summed E-state index contributed by atoms with van der Waals surface area (Å²) in [4.78, 5) is 31.6. The maximum Gasteiger partial charge on any atom is 0.270 e. The molecule has 1 saturated carbocycles. The van der Waals surface area contributed by atoms with Crippen LogP contribution in [-0.4, -0.2) is 52.9 Å². The van der Waals surface area contributed by atoms with E-state index in [1.54, 1.807) is 24.4 Å². The van der Waals surface area contributed by atoms with Crippen molar-refractivity contribution in [3.05, 3.63) is 30.1 Å². The van der Waals surface area contributed by atoms with E-state index in [1.165, 1.54) is 32.4 Å². The molecule has 6 heteroatoms. The Hall–Kier alpha value is -1.95. The van der Waals surface area contributed by atoms with E-state index in [-0.39, 0.29) is 23.8 Å². The molecule has 1 aliphatic carbocycles. The number of hydrogen-bond donors (Lipinski definition) is 2. The van der Waals surface area contributed by atoms with Gasteiger partial charge < -0.3 is 15.5 Å². The zero-order valence-electron chi connectivity index (χ0n) is 15.8. The van der Waals surface area contributed by atoms with Crippen molar-refractivity contribution >= 4 is 11.8 Å². The van der Waals surface area contributed by atoms with Gasteiger partial charge in [-0.15, -0.1) is 0 Å². The summed E-state index contributed by atoms with van der Waals surface area (Å²) >= 11 is 0. The van der Waals surface area contributed by atoms with E-state index >= 15 is 0 Å². The number of piperidine rings is 1. The highest BCUT2D eigenvalue weighted by Gasteiger charge is 2.36.